The van der Waals surface area contributed by atoms with Crippen molar-refractivity contribution in [3.8, 4) is 0 Å². The molecule has 0 spiro atoms. The number of amides is 2. The minimum absolute atomic E-state index is 0.0348. The molecule has 1 aromatic rings. The normalized spacial score (nSPS) is 11.7. The van der Waals surface area contributed by atoms with Crippen molar-refractivity contribution in [1.29, 1.82) is 0 Å². The first-order valence-corrected chi connectivity index (χ1v) is 6.85. The molecule has 104 valence electrons. The lowest BCUT2D eigenvalue weighted by molar-refractivity contribution is -0.146. The Labute approximate surface area is 115 Å². The molecule has 0 heterocycles. The van der Waals surface area contributed by atoms with Crippen LogP contribution in [0.4, 0.5) is 10.5 Å². The van der Waals surface area contributed by atoms with Gasteiger partial charge in [-0.2, -0.15) is 0 Å². The molecule has 7 heteroatoms. The zero-order chi connectivity index (χ0) is 14.3. The summed E-state index contributed by atoms with van der Waals surface area (Å²) < 4.78 is 0. The summed E-state index contributed by atoms with van der Waals surface area (Å²) in [6.45, 7) is 0.0841. The van der Waals surface area contributed by atoms with Gasteiger partial charge >= 0.3 is 12.0 Å². The number of aliphatic hydroxyl groups excluding tert-OH is 1. The molecule has 2 amide bonds. The van der Waals surface area contributed by atoms with Crippen molar-refractivity contribution in [1.82, 2.24) is 5.32 Å². The van der Waals surface area contributed by atoms with Gasteiger partial charge in [0.1, 0.15) is 0 Å². The minimum Gasteiger partial charge on any atom is -0.479 e. The van der Waals surface area contributed by atoms with Crippen molar-refractivity contribution in [2.24, 2.45) is 0 Å². The second kappa shape index (κ2) is 7.65. The van der Waals surface area contributed by atoms with Gasteiger partial charge in [0.05, 0.1) is 5.69 Å². The molecule has 1 aromatic carbocycles. The molecule has 0 bridgehead atoms. The van der Waals surface area contributed by atoms with Gasteiger partial charge in [-0.3, -0.25) is 0 Å². The number of hydrogen-bond acceptors (Lipinski definition) is 4. The molecular formula is C12H16N2O4S. The Balaban J connectivity index is 2.41. The van der Waals surface area contributed by atoms with Crippen molar-refractivity contribution in [2.45, 2.75) is 17.4 Å². The lowest BCUT2D eigenvalue weighted by atomic mass is 10.2. The summed E-state index contributed by atoms with van der Waals surface area (Å²) in [5, 5.41) is 22.7. The molecule has 1 atom stereocenters. The van der Waals surface area contributed by atoms with Gasteiger partial charge in [0.25, 0.3) is 0 Å². The van der Waals surface area contributed by atoms with Crippen LogP contribution < -0.4 is 10.6 Å². The maximum atomic E-state index is 11.6. The second-order valence-corrected chi connectivity index (χ2v) is 4.57. The van der Waals surface area contributed by atoms with Crippen LogP contribution in [0.15, 0.2) is 29.2 Å². The van der Waals surface area contributed by atoms with Gasteiger partial charge in [0.15, 0.2) is 6.10 Å². The van der Waals surface area contributed by atoms with Crippen LogP contribution in [0.5, 0.6) is 0 Å². The number of aliphatic carboxylic acids is 1. The molecule has 0 aliphatic heterocycles. The van der Waals surface area contributed by atoms with Gasteiger partial charge in [0, 0.05) is 17.9 Å². The SMILES string of the molecule is CSc1ccccc1NC(=O)NCCC(O)C(=O)O. The molecule has 0 aromatic heterocycles. The molecule has 19 heavy (non-hydrogen) atoms. The Bertz CT molecular complexity index is 453. The number of urea groups is 1. The number of para-hydroxylation sites is 1. The van der Waals surface area contributed by atoms with Crippen LogP contribution >= 0.6 is 11.8 Å². The third-order valence-corrected chi connectivity index (χ3v) is 3.14. The third-order valence-electron chi connectivity index (χ3n) is 2.34. The van der Waals surface area contributed by atoms with Crippen LogP contribution in [-0.2, 0) is 4.79 Å². The lowest BCUT2D eigenvalue weighted by Crippen LogP contribution is -2.33. The van der Waals surface area contributed by atoms with Crippen LogP contribution in [0.25, 0.3) is 0 Å². The van der Waals surface area contributed by atoms with E-state index in [1.807, 2.05) is 24.5 Å². The predicted octanol–water partition coefficient (Wildman–Crippen LogP) is 1.37. The minimum atomic E-state index is -1.46. The first kappa shape index (κ1) is 15.3. The monoisotopic (exact) mass is 284 g/mol. The summed E-state index contributed by atoms with van der Waals surface area (Å²) >= 11 is 1.51. The Morgan fingerprint density at radius 2 is 2.05 bits per heavy atom. The van der Waals surface area contributed by atoms with Gasteiger partial charge < -0.3 is 20.8 Å². The summed E-state index contributed by atoms with van der Waals surface area (Å²) in [7, 11) is 0. The highest BCUT2D eigenvalue weighted by atomic mass is 32.2. The van der Waals surface area contributed by atoms with Gasteiger partial charge in [-0.15, -0.1) is 11.8 Å². The van der Waals surface area contributed by atoms with Crippen molar-refractivity contribution in [3.63, 3.8) is 0 Å². The average Bonchev–Trinajstić information content (AvgIpc) is 2.39. The number of carboxylic acids is 1. The first-order chi connectivity index (χ1) is 9.04. The fourth-order valence-corrected chi connectivity index (χ4v) is 1.91. The topological polar surface area (TPSA) is 98.7 Å². The number of nitrogens with one attached hydrogen (secondary N) is 2. The van der Waals surface area contributed by atoms with E-state index in [0.29, 0.717) is 5.69 Å². The van der Waals surface area contributed by atoms with E-state index >= 15 is 0 Å². The number of hydrogen-bond donors (Lipinski definition) is 4. The molecular weight excluding hydrogens is 268 g/mol. The smallest absolute Gasteiger partial charge is 0.332 e. The Kier molecular flexibility index (Phi) is 6.17. The van der Waals surface area contributed by atoms with E-state index in [1.54, 1.807) is 6.07 Å². The number of carbonyl (C=O) groups excluding carboxylic acids is 1. The Morgan fingerprint density at radius 1 is 1.37 bits per heavy atom. The number of anilines is 1. The summed E-state index contributed by atoms with van der Waals surface area (Å²) in [4.78, 5) is 22.9. The number of rotatable bonds is 6. The highest BCUT2D eigenvalue weighted by Gasteiger charge is 2.13. The predicted molar refractivity (Wildman–Crippen MR) is 73.5 cm³/mol. The molecule has 1 unspecified atom stereocenters. The largest absolute Gasteiger partial charge is 0.479 e. The van der Waals surface area contributed by atoms with E-state index in [2.05, 4.69) is 10.6 Å². The molecule has 0 saturated carbocycles. The van der Waals surface area contributed by atoms with Crippen molar-refractivity contribution in [3.05, 3.63) is 24.3 Å². The molecule has 0 saturated heterocycles. The van der Waals surface area contributed by atoms with E-state index < -0.39 is 18.1 Å². The van der Waals surface area contributed by atoms with Crippen LogP contribution in [0.1, 0.15) is 6.42 Å². The Morgan fingerprint density at radius 3 is 2.68 bits per heavy atom. The van der Waals surface area contributed by atoms with Gasteiger partial charge in [-0.25, -0.2) is 9.59 Å². The molecule has 4 N–H and O–H groups in total. The quantitative estimate of drug-likeness (QED) is 0.591. The summed E-state index contributed by atoms with van der Waals surface area (Å²) in [6, 6.07) is 6.91. The zero-order valence-electron chi connectivity index (χ0n) is 10.4. The van der Waals surface area contributed by atoms with E-state index in [9.17, 15) is 9.59 Å². The van der Waals surface area contributed by atoms with Crippen LogP contribution in [0.2, 0.25) is 0 Å². The van der Waals surface area contributed by atoms with E-state index in [1.165, 1.54) is 11.8 Å². The van der Waals surface area contributed by atoms with E-state index in [0.717, 1.165) is 4.90 Å². The van der Waals surface area contributed by atoms with Crippen molar-refractivity contribution in [2.75, 3.05) is 18.1 Å². The Hall–Kier alpha value is -1.73. The van der Waals surface area contributed by atoms with Gasteiger partial charge in [-0.1, -0.05) is 12.1 Å². The molecule has 0 fully saturated rings. The number of carbonyl (C=O) groups is 2. The van der Waals surface area contributed by atoms with Crippen LogP contribution in [-0.4, -0.2) is 41.1 Å². The summed E-state index contributed by atoms with van der Waals surface area (Å²) in [5.41, 5.74) is 0.686. The van der Waals surface area contributed by atoms with E-state index in [4.69, 9.17) is 10.2 Å². The highest BCUT2D eigenvalue weighted by molar-refractivity contribution is 7.98. The number of thioether (sulfide) groups is 1. The van der Waals surface area contributed by atoms with Gasteiger partial charge in [-0.05, 0) is 18.4 Å². The number of benzene rings is 1. The molecule has 6 nitrogen and oxygen atoms in total. The fourth-order valence-electron chi connectivity index (χ4n) is 1.36. The van der Waals surface area contributed by atoms with Gasteiger partial charge in [0.2, 0.25) is 0 Å². The van der Waals surface area contributed by atoms with E-state index in [-0.39, 0.29) is 13.0 Å². The fraction of sp³-hybridized carbons (Fsp3) is 0.333. The standard InChI is InChI=1S/C12H16N2O4S/c1-19-10-5-3-2-4-8(10)14-12(18)13-7-6-9(15)11(16)17/h2-5,9,15H,6-7H2,1H3,(H,16,17)(H2,13,14,18). The first-order valence-electron chi connectivity index (χ1n) is 5.63. The van der Waals surface area contributed by atoms with Crippen LogP contribution in [0.3, 0.4) is 0 Å². The highest BCUT2D eigenvalue weighted by Crippen LogP contribution is 2.24. The average molecular weight is 284 g/mol. The maximum Gasteiger partial charge on any atom is 0.332 e. The van der Waals surface area contributed by atoms with Crippen LogP contribution in [0, 0.1) is 0 Å². The lowest BCUT2D eigenvalue weighted by Gasteiger charge is -2.11. The molecule has 0 aliphatic carbocycles. The zero-order valence-corrected chi connectivity index (χ0v) is 11.2. The summed E-state index contributed by atoms with van der Waals surface area (Å²) in [6.07, 6.45) is 0.410. The van der Waals surface area contributed by atoms with Crippen molar-refractivity contribution < 1.29 is 19.8 Å². The molecule has 1 rings (SSSR count). The number of aliphatic hydroxyl groups is 1. The second-order valence-electron chi connectivity index (χ2n) is 3.72. The summed E-state index contributed by atoms with van der Waals surface area (Å²) in [5.74, 6) is -1.30. The molecule has 0 aliphatic rings. The third kappa shape index (κ3) is 5.19. The maximum absolute atomic E-state index is 11.6. The molecule has 0 radical (unpaired) electrons. The number of carboxylic acid groups (broad SMARTS) is 1. The van der Waals surface area contributed by atoms with Crippen molar-refractivity contribution >= 4 is 29.4 Å².